The number of anilines is 2. The molecule has 1 N–H and O–H groups in total. The van der Waals surface area contributed by atoms with Crippen molar-refractivity contribution < 1.29 is 9.21 Å². The van der Waals surface area contributed by atoms with Crippen LogP contribution in [-0.2, 0) is 4.79 Å². The quantitative estimate of drug-likeness (QED) is 0.635. The van der Waals surface area contributed by atoms with Crippen LogP contribution in [0.4, 0.5) is 11.4 Å². The Morgan fingerprint density at radius 2 is 1.96 bits per heavy atom. The predicted molar refractivity (Wildman–Crippen MR) is 115 cm³/mol. The van der Waals surface area contributed by atoms with Gasteiger partial charge in [0.05, 0.1) is 22.2 Å². The molecule has 4 rings (SSSR count). The molecule has 0 saturated carbocycles. The van der Waals surface area contributed by atoms with Crippen molar-refractivity contribution in [3.8, 4) is 0 Å². The SMILES string of the molecule is CN1CCN(c2c(Cl)cccc2NC(=O)CSc2nc3ccccc3o2)CC1. The van der Waals surface area contributed by atoms with Gasteiger partial charge in [-0.05, 0) is 31.3 Å². The Hall–Kier alpha value is -2.22. The number of carbonyl (C=O) groups excluding carboxylic acids is 1. The molecule has 0 unspecified atom stereocenters. The summed E-state index contributed by atoms with van der Waals surface area (Å²) in [5.41, 5.74) is 3.13. The number of hydrogen-bond acceptors (Lipinski definition) is 6. The maximum absolute atomic E-state index is 12.5. The highest BCUT2D eigenvalue weighted by Gasteiger charge is 2.20. The zero-order valence-corrected chi connectivity index (χ0v) is 17.1. The van der Waals surface area contributed by atoms with Crippen LogP contribution in [0.2, 0.25) is 5.02 Å². The van der Waals surface area contributed by atoms with Crippen LogP contribution in [0.5, 0.6) is 0 Å². The zero-order chi connectivity index (χ0) is 19.5. The molecule has 28 heavy (non-hydrogen) atoms. The highest BCUT2D eigenvalue weighted by atomic mass is 35.5. The molecule has 2 heterocycles. The van der Waals surface area contributed by atoms with E-state index in [4.69, 9.17) is 16.0 Å². The molecule has 146 valence electrons. The number of hydrogen-bond donors (Lipinski definition) is 1. The van der Waals surface area contributed by atoms with E-state index in [1.165, 1.54) is 11.8 Å². The van der Waals surface area contributed by atoms with E-state index >= 15 is 0 Å². The number of thioether (sulfide) groups is 1. The third-order valence-electron chi connectivity index (χ3n) is 4.68. The Morgan fingerprint density at radius 3 is 2.75 bits per heavy atom. The van der Waals surface area contributed by atoms with Crippen LogP contribution in [0.1, 0.15) is 0 Å². The van der Waals surface area contributed by atoms with Gasteiger partial charge in [-0.2, -0.15) is 0 Å². The second kappa shape index (κ2) is 8.43. The van der Waals surface area contributed by atoms with Crippen molar-refractivity contribution in [1.82, 2.24) is 9.88 Å². The van der Waals surface area contributed by atoms with Gasteiger partial charge in [0.15, 0.2) is 5.58 Å². The molecule has 6 nitrogen and oxygen atoms in total. The fourth-order valence-electron chi connectivity index (χ4n) is 3.19. The number of fused-ring (bicyclic) bond motifs is 1. The minimum Gasteiger partial charge on any atom is -0.431 e. The molecule has 1 aromatic heterocycles. The Morgan fingerprint density at radius 1 is 1.18 bits per heavy atom. The smallest absolute Gasteiger partial charge is 0.257 e. The molecular formula is C20H21ClN4O2S. The van der Waals surface area contributed by atoms with E-state index in [0.717, 1.165) is 48.7 Å². The van der Waals surface area contributed by atoms with E-state index < -0.39 is 0 Å². The normalized spacial score (nSPS) is 15.1. The van der Waals surface area contributed by atoms with E-state index in [9.17, 15) is 4.79 Å². The van der Waals surface area contributed by atoms with Gasteiger partial charge in [-0.25, -0.2) is 4.98 Å². The number of halogens is 1. The molecule has 0 atom stereocenters. The van der Waals surface area contributed by atoms with Gasteiger partial charge in [0.1, 0.15) is 5.52 Å². The number of aromatic nitrogens is 1. The lowest BCUT2D eigenvalue weighted by atomic mass is 10.2. The fraction of sp³-hybridized carbons (Fsp3) is 0.300. The summed E-state index contributed by atoms with van der Waals surface area (Å²) in [7, 11) is 2.11. The van der Waals surface area contributed by atoms with Crippen molar-refractivity contribution in [2.75, 3.05) is 49.2 Å². The third kappa shape index (κ3) is 4.27. The number of oxazole rings is 1. The molecule has 1 fully saturated rings. The molecule has 0 bridgehead atoms. The Balaban J connectivity index is 1.43. The standard InChI is InChI=1S/C20H21ClN4O2S/c1-24-9-11-25(12-10-24)19-14(21)5-4-7-16(19)22-18(26)13-28-20-23-15-6-2-3-8-17(15)27-20/h2-8H,9-13H2,1H3,(H,22,26). The van der Waals surface area contributed by atoms with Crippen LogP contribution in [0.15, 0.2) is 52.1 Å². The topological polar surface area (TPSA) is 61.6 Å². The number of nitrogens with one attached hydrogen (secondary N) is 1. The van der Waals surface area contributed by atoms with Crippen LogP contribution in [0.3, 0.4) is 0 Å². The van der Waals surface area contributed by atoms with E-state index in [2.05, 4.69) is 27.1 Å². The minimum absolute atomic E-state index is 0.120. The lowest BCUT2D eigenvalue weighted by molar-refractivity contribution is -0.113. The minimum atomic E-state index is -0.120. The fourth-order valence-corrected chi connectivity index (χ4v) is 4.13. The summed E-state index contributed by atoms with van der Waals surface area (Å²) in [4.78, 5) is 21.4. The molecule has 1 saturated heterocycles. The lowest BCUT2D eigenvalue weighted by Gasteiger charge is -2.35. The van der Waals surface area contributed by atoms with E-state index in [-0.39, 0.29) is 11.7 Å². The Kier molecular flexibility index (Phi) is 5.75. The number of amides is 1. The number of likely N-dealkylation sites (N-methyl/N-ethyl adjacent to an activating group) is 1. The molecule has 1 aliphatic heterocycles. The number of rotatable bonds is 5. The molecule has 1 amide bonds. The summed E-state index contributed by atoms with van der Waals surface area (Å²) in [6.07, 6.45) is 0. The van der Waals surface area contributed by atoms with E-state index in [1.807, 2.05) is 42.5 Å². The van der Waals surface area contributed by atoms with Crippen LogP contribution < -0.4 is 10.2 Å². The van der Waals surface area contributed by atoms with Gasteiger partial charge in [0.2, 0.25) is 5.91 Å². The first kappa shape index (κ1) is 19.1. The van der Waals surface area contributed by atoms with Gasteiger partial charge in [-0.1, -0.05) is 41.6 Å². The van der Waals surface area contributed by atoms with Gasteiger partial charge in [-0.15, -0.1) is 0 Å². The second-order valence-corrected chi connectivity index (χ2v) is 8.04. The maximum atomic E-state index is 12.5. The average Bonchev–Trinajstić information content (AvgIpc) is 3.11. The third-order valence-corrected chi connectivity index (χ3v) is 5.81. The van der Waals surface area contributed by atoms with Crippen molar-refractivity contribution in [2.45, 2.75) is 5.22 Å². The van der Waals surface area contributed by atoms with Crippen LogP contribution in [0.25, 0.3) is 11.1 Å². The van der Waals surface area contributed by atoms with Gasteiger partial charge < -0.3 is 19.5 Å². The largest absolute Gasteiger partial charge is 0.431 e. The van der Waals surface area contributed by atoms with Gasteiger partial charge in [-0.3, -0.25) is 4.79 Å². The van der Waals surface area contributed by atoms with E-state index in [0.29, 0.717) is 10.2 Å². The number of piperazine rings is 1. The van der Waals surface area contributed by atoms with Gasteiger partial charge >= 0.3 is 0 Å². The first-order valence-electron chi connectivity index (χ1n) is 9.10. The summed E-state index contributed by atoms with van der Waals surface area (Å²) < 4.78 is 5.65. The van der Waals surface area contributed by atoms with Crippen molar-refractivity contribution in [2.24, 2.45) is 0 Å². The summed E-state index contributed by atoms with van der Waals surface area (Å²) in [6, 6.07) is 13.2. The molecule has 8 heteroatoms. The summed E-state index contributed by atoms with van der Waals surface area (Å²) >= 11 is 7.74. The number of carbonyl (C=O) groups is 1. The van der Waals surface area contributed by atoms with Crippen molar-refractivity contribution in [3.05, 3.63) is 47.5 Å². The monoisotopic (exact) mass is 416 g/mol. The second-order valence-electron chi connectivity index (χ2n) is 6.71. The van der Waals surface area contributed by atoms with Crippen LogP contribution in [0, 0.1) is 0 Å². The highest BCUT2D eigenvalue weighted by Crippen LogP contribution is 2.34. The highest BCUT2D eigenvalue weighted by molar-refractivity contribution is 7.99. The summed E-state index contributed by atoms with van der Waals surface area (Å²) in [5, 5.41) is 4.13. The molecule has 3 aromatic rings. The molecular weight excluding hydrogens is 396 g/mol. The van der Waals surface area contributed by atoms with Crippen molar-refractivity contribution in [1.29, 1.82) is 0 Å². The Bertz CT molecular complexity index is 952. The van der Waals surface area contributed by atoms with Crippen LogP contribution >= 0.6 is 23.4 Å². The number of benzene rings is 2. The first-order valence-corrected chi connectivity index (χ1v) is 10.5. The van der Waals surface area contributed by atoms with Crippen LogP contribution in [-0.4, -0.2) is 54.8 Å². The maximum Gasteiger partial charge on any atom is 0.257 e. The summed E-state index contributed by atoms with van der Waals surface area (Å²) in [6.45, 7) is 3.68. The van der Waals surface area contributed by atoms with Crippen molar-refractivity contribution in [3.63, 3.8) is 0 Å². The van der Waals surface area contributed by atoms with E-state index in [1.54, 1.807) is 0 Å². The zero-order valence-electron chi connectivity index (χ0n) is 15.5. The van der Waals surface area contributed by atoms with Gasteiger partial charge in [0, 0.05) is 26.2 Å². The number of para-hydroxylation sites is 3. The van der Waals surface area contributed by atoms with Crippen molar-refractivity contribution >= 4 is 51.7 Å². The number of nitrogens with zero attached hydrogens (tertiary/aromatic N) is 3. The molecule has 2 aromatic carbocycles. The molecule has 1 aliphatic rings. The van der Waals surface area contributed by atoms with Gasteiger partial charge in [0.25, 0.3) is 5.22 Å². The summed E-state index contributed by atoms with van der Waals surface area (Å²) in [5.74, 6) is 0.0894. The first-order chi connectivity index (χ1) is 13.6. The molecule has 0 aliphatic carbocycles. The molecule has 0 spiro atoms. The predicted octanol–water partition coefficient (Wildman–Crippen LogP) is 3.96. The lowest BCUT2D eigenvalue weighted by Crippen LogP contribution is -2.44. The Labute approximate surface area is 172 Å². The molecule has 0 radical (unpaired) electrons. The average molecular weight is 417 g/mol.